The number of phenolic OH excluding ortho intramolecular Hbond substituents is 1. The molecule has 0 spiro atoms. The van der Waals surface area contributed by atoms with Crippen molar-refractivity contribution < 1.29 is 5.11 Å². The SMILES string of the molecule is CC(Cc1ccc(O)cc1)NC(C)c1cccnc1. The van der Waals surface area contributed by atoms with Crippen molar-refractivity contribution in [2.75, 3.05) is 0 Å². The van der Waals surface area contributed by atoms with Crippen LogP contribution in [0.3, 0.4) is 0 Å². The lowest BCUT2D eigenvalue weighted by molar-refractivity contribution is 0.470. The molecule has 1 heterocycles. The Balaban J connectivity index is 1.90. The van der Waals surface area contributed by atoms with Gasteiger partial charge in [-0.2, -0.15) is 0 Å². The molecule has 2 unspecified atom stereocenters. The highest BCUT2D eigenvalue weighted by Crippen LogP contribution is 2.14. The number of aromatic nitrogens is 1. The molecule has 0 radical (unpaired) electrons. The molecule has 19 heavy (non-hydrogen) atoms. The lowest BCUT2D eigenvalue weighted by Crippen LogP contribution is -2.30. The van der Waals surface area contributed by atoms with Crippen LogP contribution in [0.25, 0.3) is 0 Å². The first-order valence-electron chi connectivity index (χ1n) is 6.59. The van der Waals surface area contributed by atoms with Gasteiger partial charge >= 0.3 is 0 Å². The lowest BCUT2D eigenvalue weighted by Gasteiger charge is -2.20. The van der Waals surface area contributed by atoms with E-state index in [2.05, 4.69) is 30.2 Å². The van der Waals surface area contributed by atoms with E-state index in [1.807, 2.05) is 24.4 Å². The summed E-state index contributed by atoms with van der Waals surface area (Å²) in [4.78, 5) is 4.14. The van der Waals surface area contributed by atoms with Gasteiger partial charge in [0, 0.05) is 24.5 Å². The molecule has 3 heteroatoms. The molecular formula is C16H20N2O. The average Bonchev–Trinajstić information content (AvgIpc) is 2.42. The minimum Gasteiger partial charge on any atom is -0.508 e. The number of nitrogens with one attached hydrogen (secondary N) is 1. The van der Waals surface area contributed by atoms with Crippen molar-refractivity contribution in [3.63, 3.8) is 0 Å². The van der Waals surface area contributed by atoms with Crippen molar-refractivity contribution in [2.24, 2.45) is 0 Å². The maximum atomic E-state index is 9.26. The van der Waals surface area contributed by atoms with Crippen LogP contribution in [0.15, 0.2) is 48.8 Å². The molecule has 2 aromatic rings. The van der Waals surface area contributed by atoms with Crippen LogP contribution < -0.4 is 5.32 Å². The minimum absolute atomic E-state index is 0.279. The van der Waals surface area contributed by atoms with Gasteiger partial charge in [-0.05, 0) is 49.6 Å². The van der Waals surface area contributed by atoms with Crippen LogP contribution in [0.2, 0.25) is 0 Å². The Morgan fingerprint density at radius 2 is 1.89 bits per heavy atom. The Morgan fingerprint density at radius 3 is 2.53 bits per heavy atom. The fraction of sp³-hybridized carbons (Fsp3) is 0.312. The predicted octanol–water partition coefficient (Wildman–Crippen LogP) is 3.07. The number of benzene rings is 1. The van der Waals surface area contributed by atoms with Crippen molar-refractivity contribution in [3.05, 3.63) is 59.9 Å². The van der Waals surface area contributed by atoms with Crippen molar-refractivity contribution in [1.82, 2.24) is 10.3 Å². The summed E-state index contributed by atoms with van der Waals surface area (Å²) >= 11 is 0. The molecule has 0 saturated carbocycles. The number of nitrogens with zero attached hydrogens (tertiary/aromatic N) is 1. The van der Waals surface area contributed by atoms with E-state index >= 15 is 0 Å². The second-order valence-electron chi connectivity index (χ2n) is 4.95. The van der Waals surface area contributed by atoms with Gasteiger partial charge in [0.2, 0.25) is 0 Å². The summed E-state index contributed by atoms with van der Waals surface area (Å²) in [5.74, 6) is 0.313. The van der Waals surface area contributed by atoms with Crippen LogP contribution >= 0.6 is 0 Å². The van der Waals surface area contributed by atoms with E-state index < -0.39 is 0 Å². The third-order valence-corrected chi connectivity index (χ3v) is 3.20. The highest BCUT2D eigenvalue weighted by Gasteiger charge is 2.10. The molecule has 0 amide bonds. The molecular weight excluding hydrogens is 236 g/mol. The Bertz CT molecular complexity index is 496. The van der Waals surface area contributed by atoms with Crippen LogP contribution in [-0.4, -0.2) is 16.1 Å². The maximum Gasteiger partial charge on any atom is 0.115 e. The van der Waals surface area contributed by atoms with Gasteiger partial charge in [0.15, 0.2) is 0 Å². The Labute approximate surface area is 114 Å². The molecule has 1 aromatic heterocycles. The first-order chi connectivity index (χ1) is 9.15. The molecule has 0 bridgehead atoms. The first kappa shape index (κ1) is 13.6. The van der Waals surface area contributed by atoms with E-state index in [4.69, 9.17) is 0 Å². The number of phenols is 1. The van der Waals surface area contributed by atoms with Gasteiger partial charge in [-0.1, -0.05) is 18.2 Å². The van der Waals surface area contributed by atoms with Gasteiger partial charge in [-0.15, -0.1) is 0 Å². The van der Waals surface area contributed by atoms with Crippen LogP contribution in [0.1, 0.15) is 31.0 Å². The van der Waals surface area contributed by atoms with Crippen LogP contribution in [0.4, 0.5) is 0 Å². The number of aromatic hydroxyl groups is 1. The smallest absolute Gasteiger partial charge is 0.115 e. The van der Waals surface area contributed by atoms with E-state index in [0.29, 0.717) is 11.8 Å². The standard InChI is InChI=1S/C16H20N2O/c1-12(10-14-5-7-16(19)8-6-14)18-13(2)15-4-3-9-17-11-15/h3-9,11-13,18-19H,10H2,1-2H3. The van der Waals surface area contributed by atoms with Crippen LogP contribution in [-0.2, 0) is 6.42 Å². The normalized spacial score (nSPS) is 14.0. The van der Waals surface area contributed by atoms with Gasteiger partial charge < -0.3 is 10.4 Å². The quantitative estimate of drug-likeness (QED) is 0.864. The van der Waals surface area contributed by atoms with Crippen LogP contribution in [0, 0.1) is 0 Å². The van der Waals surface area contributed by atoms with Gasteiger partial charge in [0.1, 0.15) is 5.75 Å². The third-order valence-electron chi connectivity index (χ3n) is 3.20. The van der Waals surface area contributed by atoms with Gasteiger partial charge in [0.05, 0.1) is 0 Å². The highest BCUT2D eigenvalue weighted by molar-refractivity contribution is 5.26. The minimum atomic E-state index is 0.279. The molecule has 2 rings (SSSR count). The second-order valence-corrected chi connectivity index (χ2v) is 4.95. The molecule has 1 aromatic carbocycles. The first-order valence-corrected chi connectivity index (χ1v) is 6.59. The molecule has 3 nitrogen and oxygen atoms in total. The fourth-order valence-corrected chi connectivity index (χ4v) is 2.20. The number of rotatable bonds is 5. The number of hydrogen-bond acceptors (Lipinski definition) is 3. The van der Waals surface area contributed by atoms with E-state index in [0.717, 1.165) is 6.42 Å². The average molecular weight is 256 g/mol. The Morgan fingerprint density at radius 1 is 1.16 bits per heavy atom. The molecule has 0 aliphatic carbocycles. The van der Waals surface area contributed by atoms with E-state index in [1.54, 1.807) is 18.3 Å². The largest absolute Gasteiger partial charge is 0.508 e. The zero-order chi connectivity index (χ0) is 13.7. The summed E-state index contributed by atoms with van der Waals surface area (Å²) in [5.41, 5.74) is 2.41. The summed E-state index contributed by atoms with van der Waals surface area (Å²) in [7, 11) is 0. The molecule has 0 saturated heterocycles. The van der Waals surface area contributed by atoms with Crippen molar-refractivity contribution in [2.45, 2.75) is 32.4 Å². The van der Waals surface area contributed by atoms with Crippen molar-refractivity contribution >= 4 is 0 Å². The van der Waals surface area contributed by atoms with Crippen LogP contribution in [0.5, 0.6) is 5.75 Å². The lowest BCUT2D eigenvalue weighted by atomic mass is 10.0. The maximum absolute atomic E-state index is 9.26. The predicted molar refractivity (Wildman–Crippen MR) is 77.1 cm³/mol. The summed E-state index contributed by atoms with van der Waals surface area (Å²) < 4.78 is 0. The topological polar surface area (TPSA) is 45.1 Å². The Kier molecular flexibility index (Phi) is 4.53. The van der Waals surface area contributed by atoms with E-state index in [-0.39, 0.29) is 6.04 Å². The monoisotopic (exact) mass is 256 g/mol. The van der Waals surface area contributed by atoms with Crippen molar-refractivity contribution in [1.29, 1.82) is 0 Å². The number of pyridine rings is 1. The summed E-state index contributed by atoms with van der Waals surface area (Å²) in [6.45, 7) is 4.31. The molecule has 2 atom stereocenters. The Hall–Kier alpha value is -1.87. The zero-order valence-electron chi connectivity index (χ0n) is 11.4. The molecule has 0 aliphatic rings. The summed E-state index contributed by atoms with van der Waals surface area (Å²) in [6, 6.07) is 12.1. The zero-order valence-corrected chi connectivity index (χ0v) is 11.4. The fourth-order valence-electron chi connectivity index (χ4n) is 2.20. The summed E-state index contributed by atoms with van der Waals surface area (Å²) in [6.07, 6.45) is 4.62. The second kappa shape index (κ2) is 6.34. The van der Waals surface area contributed by atoms with Gasteiger partial charge in [0.25, 0.3) is 0 Å². The highest BCUT2D eigenvalue weighted by atomic mass is 16.3. The number of hydrogen-bond donors (Lipinski definition) is 2. The summed E-state index contributed by atoms with van der Waals surface area (Å²) in [5, 5.41) is 12.8. The molecule has 100 valence electrons. The van der Waals surface area contributed by atoms with Crippen molar-refractivity contribution in [3.8, 4) is 5.75 Å². The van der Waals surface area contributed by atoms with E-state index in [1.165, 1.54) is 11.1 Å². The molecule has 0 aliphatic heterocycles. The van der Waals surface area contributed by atoms with Gasteiger partial charge in [-0.25, -0.2) is 0 Å². The van der Waals surface area contributed by atoms with Gasteiger partial charge in [-0.3, -0.25) is 4.98 Å². The molecule has 2 N–H and O–H groups in total. The van der Waals surface area contributed by atoms with E-state index in [9.17, 15) is 5.11 Å². The third kappa shape index (κ3) is 4.07. The molecule has 0 fully saturated rings.